The Morgan fingerprint density at radius 1 is 0.492 bits per heavy atom. The molecule has 1 rings (SSSR count). The lowest BCUT2D eigenvalue weighted by Gasteiger charge is -2.43. The van der Waals surface area contributed by atoms with Crippen LogP contribution in [0.25, 0.3) is 0 Å². The van der Waals surface area contributed by atoms with E-state index >= 15 is 0 Å². The molecule has 1 aliphatic carbocycles. The third kappa shape index (κ3) is 32.4. The largest absolute Gasteiger partial charge is 0.472 e. The third-order valence-corrected chi connectivity index (χ3v) is 12.4. The number of phosphoric ester groups is 2. The maximum atomic E-state index is 13.0. The SMILES string of the molecule is CCCCCC=CCC=CCCCCCCCCCC(=O)OC(COC(=O)CCCCCCCC=CCC=CCCCCC)COP(=O)(O)OC1C(O)C(O)C(O)C(OP(=O)(O)O)C1O. The van der Waals surface area contributed by atoms with Gasteiger partial charge in [-0.15, -0.1) is 0 Å². The van der Waals surface area contributed by atoms with Crippen LogP contribution in [0.4, 0.5) is 0 Å². The van der Waals surface area contributed by atoms with Gasteiger partial charge in [0.2, 0.25) is 0 Å². The van der Waals surface area contributed by atoms with Gasteiger partial charge in [-0.2, -0.15) is 0 Å². The molecule has 0 aliphatic heterocycles. The van der Waals surface area contributed by atoms with Crippen molar-refractivity contribution in [3.05, 3.63) is 48.6 Å². The fourth-order valence-electron chi connectivity index (χ4n) is 7.09. The molecule has 16 nitrogen and oxygen atoms in total. The molecule has 378 valence electrons. The van der Waals surface area contributed by atoms with Crippen molar-refractivity contribution in [2.75, 3.05) is 13.2 Å². The third-order valence-electron chi connectivity index (χ3n) is 10.9. The first kappa shape index (κ1) is 61.0. The molecule has 7 N–H and O–H groups in total. The van der Waals surface area contributed by atoms with E-state index in [2.05, 4.69) is 67.0 Å². The summed E-state index contributed by atoms with van der Waals surface area (Å²) in [6, 6.07) is 0. The van der Waals surface area contributed by atoms with Crippen molar-refractivity contribution in [3.8, 4) is 0 Å². The van der Waals surface area contributed by atoms with Gasteiger partial charge in [0, 0.05) is 12.8 Å². The predicted octanol–water partition coefficient (Wildman–Crippen LogP) is 9.29. The first-order valence-electron chi connectivity index (χ1n) is 24.2. The van der Waals surface area contributed by atoms with E-state index in [9.17, 15) is 53.8 Å². The molecule has 0 spiro atoms. The summed E-state index contributed by atoms with van der Waals surface area (Å²) in [4.78, 5) is 54.3. The average Bonchev–Trinajstić information content (AvgIpc) is 3.26. The zero-order chi connectivity index (χ0) is 48.2. The summed E-state index contributed by atoms with van der Waals surface area (Å²) in [5.74, 6) is -1.23. The molecule has 18 heteroatoms. The van der Waals surface area contributed by atoms with Crippen LogP contribution < -0.4 is 0 Å². The molecule has 0 radical (unpaired) electrons. The zero-order valence-corrected chi connectivity index (χ0v) is 40.9. The Balaban J connectivity index is 2.60. The molecule has 1 aliphatic rings. The topological polar surface area (TPSA) is 256 Å². The molecular formula is C47H84O16P2. The smallest absolute Gasteiger partial charge is 0.462 e. The zero-order valence-electron chi connectivity index (χ0n) is 39.2. The van der Waals surface area contributed by atoms with Crippen molar-refractivity contribution in [1.82, 2.24) is 0 Å². The Morgan fingerprint density at radius 3 is 1.34 bits per heavy atom. The lowest BCUT2D eigenvalue weighted by atomic mass is 9.85. The van der Waals surface area contributed by atoms with E-state index in [0.29, 0.717) is 12.8 Å². The van der Waals surface area contributed by atoms with Crippen molar-refractivity contribution in [1.29, 1.82) is 0 Å². The van der Waals surface area contributed by atoms with Gasteiger partial charge in [0.05, 0.1) is 6.61 Å². The molecule has 8 unspecified atom stereocenters. The van der Waals surface area contributed by atoms with Gasteiger partial charge < -0.3 is 44.6 Å². The van der Waals surface area contributed by atoms with E-state index in [-0.39, 0.29) is 12.8 Å². The maximum Gasteiger partial charge on any atom is 0.472 e. The lowest BCUT2D eigenvalue weighted by Crippen LogP contribution is -2.64. The Bertz CT molecular complexity index is 1450. The molecule has 0 aromatic rings. The van der Waals surface area contributed by atoms with Crippen LogP contribution in [-0.2, 0) is 41.8 Å². The van der Waals surface area contributed by atoms with Crippen molar-refractivity contribution >= 4 is 27.6 Å². The average molecular weight is 967 g/mol. The van der Waals surface area contributed by atoms with Gasteiger partial charge in [-0.05, 0) is 77.0 Å². The molecule has 0 amide bonds. The number of aliphatic hydroxyl groups is 4. The number of esters is 2. The first-order valence-corrected chi connectivity index (χ1v) is 27.2. The van der Waals surface area contributed by atoms with Crippen molar-refractivity contribution in [2.24, 2.45) is 0 Å². The number of aliphatic hydroxyl groups excluding tert-OH is 4. The molecular weight excluding hydrogens is 882 g/mol. The summed E-state index contributed by atoms with van der Waals surface area (Å²) in [5.41, 5.74) is 0. The van der Waals surface area contributed by atoms with Gasteiger partial charge in [0.25, 0.3) is 0 Å². The van der Waals surface area contributed by atoms with Gasteiger partial charge in [-0.25, -0.2) is 9.13 Å². The van der Waals surface area contributed by atoms with Gasteiger partial charge >= 0.3 is 27.6 Å². The van der Waals surface area contributed by atoms with Gasteiger partial charge in [0.15, 0.2) is 6.10 Å². The van der Waals surface area contributed by atoms with Crippen LogP contribution in [0, 0.1) is 0 Å². The summed E-state index contributed by atoms with van der Waals surface area (Å²) in [6.07, 6.45) is 27.7. The summed E-state index contributed by atoms with van der Waals surface area (Å²) >= 11 is 0. The highest BCUT2D eigenvalue weighted by Crippen LogP contribution is 2.49. The molecule has 1 saturated carbocycles. The molecule has 0 aromatic carbocycles. The number of hydrogen-bond acceptors (Lipinski definition) is 13. The number of ether oxygens (including phenoxy) is 2. The molecule has 0 aromatic heterocycles. The van der Waals surface area contributed by atoms with E-state index in [4.69, 9.17) is 18.5 Å². The highest BCUT2D eigenvalue weighted by Gasteiger charge is 2.54. The standard InChI is InChI=1S/C47H84O16P2/c1-3-5-7-9-11-13-15-17-19-20-22-24-26-28-30-32-34-36-41(49)61-39(37-59-40(48)35-33-31-29-27-25-23-21-18-16-14-12-10-8-6-4-2)38-60-65(57,58)63-47-44(52)42(50)43(51)46(45(47)53)62-64(54,55)56/h11-14,17-19,21,39,42-47,50-53H,3-10,15-16,20,22-38H2,1-2H3,(H,57,58)(H2,54,55,56). The molecule has 0 bridgehead atoms. The minimum atomic E-state index is -5.37. The minimum absolute atomic E-state index is 0.0309. The van der Waals surface area contributed by atoms with Crippen molar-refractivity contribution in [2.45, 2.75) is 224 Å². The van der Waals surface area contributed by atoms with Crippen LogP contribution in [0.3, 0.4) is 0 Å². The monoisotopic (exact) mass is 967 g/mol. The van der Waals surface area contributed by atoms with Gasteiger partial charge in [-0.3, -0.25) is 23.2 Å². The fraction of sp³-hybridized carbons (Fsp3) is 0.787. The van der Waals surface area contributed by atoms with Crippen LogP contribution in [0.1, 0.15) is 181 Å². The van der Waals surface area contributed by atoms with Crippen LogP contribution in [0.15, 0.2) is 48.6 Å². The number of allylic oxidation sites excluding steroid dienone is 8. The maximum absolute atomic E-state index is 13.0. The second kappa shape index (κ2) is 37.9. The van der Waals surface area contributed by atoms with Gasteiger partial charge in [-0.1, -0.05) is 140 Å². The summed E-state index contributed by atoms with van der Waals surface area (Å²) in [6.45, 7) is 3.04. The van der Waals surface area contributed by atoms with Crippen LogP contribution in [0.2, 0.25) is 0 Å². The quantitative estimate of drug-likeness (QED) is 0.0131. The van der Waals surface area contributed by atoms with Crippen molar-refractivity contribution in [3.63, 3.8) is 0 Å². The second-order valence-corrected chi connectivity index (χ2v) is 19.4. The molecule has 1 fully saturated rings. The minimum Gasteiger partial charge on any atom is -0.462 e. The second-order valence-electron chi connectivity index (χ2n) is 16.8. The van der Waals surface area contributed by atoms with E-state index in [1.54, 1.807) is 0 Å². The van der Waals surface area contributed by atoms with E-state index in [1.165, 1.54) is 38.5 Å². The Hall–Kier alpha value is -2.04. The lowest BCUT2D eigenvalue weighted by molar-refractivity contribution is -0.216. The summed E-state index contributed by atoms with van der Waals surface area (Å²) < 4.78 is 49.4. The molecule has 65 heavy (non-hydrogen) atoms. The molecule has 8 atom stereocenters. The highest BCUT2D eigenvalue weighted by molar-refractivity contribution is 7.47. The molecule has 0 heterocycles. The first-order chi connectivity index (χ1) is 31.1. The predicted molar refractivity (Wildman–Crippen MR) is 250 cm³/mol. The van der Waals surface area contributed by atoms with E-state index < -0.39 is 83.5 Å². The number of carbonyl (C=O) groups excluding carboxylic acids is 2. The number of rotatable bonds is 40. The Morgan fingerprint density at radius 2 is 0.892 bits per heavy atom. The van der Waals surface area contributed by atoms with E-state index in [1.807, 2.05) is 0 Å². The van der Waals surface area contributed by atoms with Crippen molar-refractivity contribution < 1.29 is 76.9 Å². The Kier molecular flexibility index (Phi) is 35.5. The highest BCUT2D eigenvalue weighted by atomic mass is 31.2. The number of unbranched alkanes of at least 4 members (excludes halogenated alkanes) is 18. The number of hydrogen-bond donors (Lipinski definition) is 7. The Labute approximate surface area is 388 Å². The molecule has 0 saturated heterocycles. The summed E-state index contributed by atoms with van der Waals surface area (Å²) in [7, 11) is -10.7. The van der Waals surface area contributed by atoms with Crippen LogP contribution in [-0.4, -0.2) is 103 Å². The number of phosphoric acid groups is 2. The summed E-state index contributed by atoms with van der Waals surface area (Å²) in [5, 5.41) is 41.2. The number of carbonyl (C=O) groups is 2. The van der Waals surface area contributed by atoms with E-state index in [0.717, 1.165) is 103 Å². The van der Waals surface area contributed by atoms with Crippen LogP contribution >= 0.6 is 15.6 Å². The normalized spacial score (nSPS) is 22.0. The fourth-order valence-corrected chi connectivity index (χ4v) is 8.62. The van der Waals surface area contributed by atoms with Gasteiger partial charge in [0.1, 0.15) is 43.2 Å². The van der Waals surface area contributed by atoms with Crippen LogP contribution in [0.5, 0.6) is 0 Å².